The molecule has 0 radical (unpaired) electrons. The summed E-state index contributed by atoms with van der Waals surface area (Å²) in [5.74, 6) is 1.62. The number of rotatable bonds is 7. The second-order valence-corrected chi connectivity index (χ2v) is 7.20. The predicted molar refractivity (Wildman–Crippen MR) is 84.3 cm³/mol. The topological polar surface area (TPSA) is 52.3 Å². The molecule has 0 saturated heterocycles. The van der Waals surface area contributed by atoms with Crippen molar-refractivity contribution in [3.63, 3.8) is 0 Å². The first-order valence-corrected chi connectivity index (χ1v) is 8.97. The van der Waals surface area contributed by atoms with Crippen LogP contribution in [0.5, 0.6) is 5.75 Å². The van der Waals surface area contributed by atoms with Gasteiger partial charge in [-0.2, -0.15) is 0 Å². The highest BCUT2D eigenvalue weighted by Crippen LogP contribution is 2.22. The van der Waals surface area contributed by atoms with Crippen molar-refractivity contribution in [3.8, 4) is 5.75 Å². The van der Waals surface area contributed by atoms with Gasteiger partial charge in [0, 0.05) is 33.9 Å². The van der Waals surface area contributed by atoms with Crippen LogP contribution >= 0.6 is 0 Å². The van der Waals surface area contributed by atoms with E-state index in [4.69, 9.17) is 10.5 Å². The molecule has 1 aromatic rings. The van der Waals surface area contributed by atoms with E-state index in [0.717, 1.165) is 36.3 Å². The molecule has 1 fully saturated rings. The van der Waals surface area contributed by atoms with Gasteiger partial charge in [-0.25, -0.2) is 0 Å². The monoisotopic (exact) mass is 295 g/mol. The molecule has 112 valence electrons. The average Bonchev–Trinajstić information content (AvgIpc) is 2.52. The van der Waals surface area contributed by atoms with Crippen LogP contribution in [0.15, 0.2) is 24.3 Å². The van der Waals surface area contributed by atoms with Gasteiger partial charge < -0.3 is 10.5 Å². The second-order valence-electron chi connectivity index (χ2n) is 5.36. The van der Waals surface area contributed by atoms with E-state index in [9.17, 15) is 4.21 Å². The Morgan fingerprint density at radius 2 is 1.95 bits per heavy atom. The minimum absolute atomic E-state index is 0.431. The Labute approximate surface area is 124 Å². The Kier molecular flexibility index (Phi) is 6.54. The standard InChI is InChI=1S/C16H25NO2S/c17-13-14-7-4-5-10-16(14)19-11-6-12-20(18)15-8-2-1-3-9-15/h4-5,7,10,15H,1-3,6,8-9,11-13,17H2. The van der Waals surface area contributed by atoms with Crippen molar-refractivity contribution in [2.45, 2.75) is 50.3 Å². The van der Waals surface area contributed by atoms with Gasteiger partial charge >= 0.3 is 0 Å². The van der Waals surface area contributed by atoms with Crippen molar-refractivity contribution in [1.29, 1.82) is 0 Å². The van der Waals surface area contributed by atoms with Crippen molar-refractivity contribution in [1.82, 2.24) is 0 Å². The summed E-state index contributed by atoms with van der Waals surface area (Å²) in [6, 6.07) is 7.84. The lowest BCUT2D eigenvalue weighted by Gasteiger charge is -2.20. The Hall–Kier alpha value is -0.870. The van der Waals surface area contributed by atoms with E-state index in [-0.39, 0.29) is 0 Å². The van der Waals surface area contributed by atoms with Crippen LogP contribution in [0.1, 0.15) is 44.1 Å². The van der Waals surface area contributed by atoms with Crippen molar-refractivity contribution < 1.29 is 8.95 Å². The molecular weight excluding hydrogens is 270 g/mol. The normalized spacial score (nSPS) is 17.9. The number of nitrogens with two attached hydrogens (primary N) is 1. The van der Waals surface area contributed by atoms with Crippen molar-refractivity contribution in [2.24, 2.45) is 5.73 Å². The molecule has 1 unspecified atom stereocenters. The molecule has 1 aromatic carbocycles. The molecule has 0 spiro atoms. The summed E-state index contributed by atoms with van der Waals surface area (Å²) in [6.07, 6.45) is 6.94. The maximum Gasteiger partial charge on any atom is 0.123 e. The molecule has 4 heteroatoms. The van der Waals surface area contributed by atoms with Crippen molar-refractivity contribution in [2.75, 3.05) is 12.4 Å². The minimum Gasteiger partial charge on any atom is -0.493 e. The maximum atomic E-state index is 12.2. The van der Waals surface area contributed by atoms with Crippen LogP contribution in [-0.2, 0) is 17.3 Å². The molecule has 1 aliphatic carbocycles. The van der Waals surface area contributed by atoms with Crippen LogP contribution in [0, 0.1) is 0 Å². The second kappa shape index (κ2) is 8.42. The molecule has 1 aliphatic rings. The number of benzene rings is 1. The van der Waals surface area contributed by atoms with Crippen LogP contribution in [0.2, 0.25) is 0 Å². The number of para-hydroxylation sites is 1. The van der Waals surface area contributed by atoms with E-state index in [1.54, 1.807) is 0 Å². The Balaban J connectivity index is 1.69. The third-order valence-electron chi connectivity index (χ3n) is 3.86. The van der Waals surface area contributed by atoms with Gasteiger partial charge in [0.25, 0.3) is 0 Å². The molecule has 3 nitrogen and oxygen atoms in total. The molecular formula is C16H25NO2S. The number of hydrogen-bond donors (Lipinski definition) is 1. The molecule has 1 saturated carbocycles. The molecule has 0 heterocycles. The summed E-state index contributed by atoms with van der Waals surface area (Å²) < 4.78 is 17.9. The predicted octanol–water partition coefficient (Wildman–Crippen LogP) is 3.00. The zero-order valence-corrected chi connectivity index (χ0v) is 12.9. The van der Waals surface area contributed by atoms with Gasteiger partial charge in [-0.1, -0.05) is 37.5 Å². The van der Waals surface area contributed by atoms with Gasteiger partial charge in [0.15, 0.2) is 0 Å². The summed E-state index contributed by atoms with van der Waals surface area (Å²) in [5.41, 5.74) is 6.70. The molecule has 1 atom stereocenters. The van der Waals surface area contributed by atoms with Crippen LogP contribution in [0.3, 0.4) is 0 Å². The third-order valence-corrected chi connectivity index (χ3v) is 5.77. The van der Waals surface area contributed by atoms with E-state index < -0.39 is 10.8 Å². The molecule has 2 N–H and O–H groups in total. The van der Waals surface area contributed by atoms with E-state index >= 15 is 0 Å². The highest BCUT2D eigenvalue weighted by atomic mass is 32.2. The quantitative estimate of drug-likeness (QED) is 0.787. The van der Waals surface area contributed by atoms with Crippen molar-refractivity contribution >= 4 is 10.8 Å². The zero-order valence-electron chi connectivity index (χ0n) is 12.1. The Morgan fingerprint density at radius 1 is 1.20 bits per heavy atom. The first kappa shape index (κ1) is 15.5. The van der Waals surface area contributed by atoms with Crippen LogP contribution in [-0.4, -0.2) is 21.8 Å². The van der Waals surface area contributed by atoms with Gasteiger partial charge in [-0.05, 0) is 25.3 Å². The molecule has 0 bridgehead atoms. The molecule has 20 heavy (non-hydrogen) atoms. The van der Waals surface area contributed by atoms with E-state index in [2.05, 4.69) is 0 Å². The highest BCUT2D eigenvalue weighted by molar-refractivity contribution is 7.85. The van der Waals surface area contributed by atoms with E-state index in [0.29, 0.717) is 18.4 Å². The Morgan fingerprint density at radius 3 is 2.70 bits per heavy atom. The first-order chi connectivity index (χ1) is 9.81. The highest BCUT2D eigenvalue weighted by Gasteiger charge is 2.19. The van der Waals surface area contributed by atoms with Gasteiger partial charge in [-0.3, -0.25) is 4.21 Å². The molecule has 0 aromatic heterocycles. The van der Waals surface area contributed by atoms with E-state index in [1.165, 1.54) is 19.3 Å². The summed E-state index contributed by atoms with van der Waals surface area (Å²) in [4.78, 5) is 0. The fourth-order valence-corrected chi connectivity index (χ4v) is 4.29. The van der Waals surface area contributed by atoms with Crippen LogP contribution < -0.4 is 10.5 Å². The lowest BCUT2D eigenvalue weighted by Crippen LogP contribution is -2.21. The zero-order chi connectivity index (χ0) is 14.2. The van der Waals surface area contributed by atoms with Gasteiger partial charge in [0.2, 0.25) is 0 Å². The summed E-state index contributed by atoms with van der Waals surface area (Å²) in [5, 5.41) is 0.431. The lowest BCUT2D eigenvalue weighted by atomic mass is 10.0. The summed E-state index contributed by atoms with van der Waals surface area (Å²) in [7, 11) is -0.676. The fraction of sp³-hybridized carbons (Fsp3) is 0.625. The smallest absolute Gasteiger partial charge is 0.123 e. The third kappa shape index (κ3) is 4.60. The number of ether oxygens (including phenoxy) is 1. The average molecular weight is 295 g/mol. The largest absolute Gasteiger partial charge is 0.493 e. The number of hydrogen-bond acceptors (Lipinski definition) is 3. The Bertz CT molecular complexity index is 430. The van der Waals surface area contributed by atoms with Gasteiger partial charge in [0.1, 0.15) is 5.75 Å². The lowest BCUT2D eigenvalue weighted by molar-refractivity contribution is 0.315. The van der Waals surface area contributed by atoms with Crippen LogP contribution in [0.4, 0.5) is 0 Å². The summed E-state index contributed by atoms with van der Waals surface area (Å²) >= 11 is 0. The maximum absolute atomic E-state index is 12.2. The minimum atomic E-state index is -0.676. The van der Waals surface area contributed by atoms with Gasteiger partial charge in [0.05, 0.1) is 6.61 Å². The van der Waals surface area contributed by atoms with E-state index in [1.807, 2.05) is 24.3 Å². The molecule has 0 amide bonds. The fourth-order valence-electron chi connectivity index (χ4n) is 2.69. The molecule has 0 aliphatic heterocycles. The summed E-state index contributed by atoms with van der Waals surface area (Å²) in [6.45, 7) is 1.11. The SMILES string of the molecule is NCc1ccccc1OCCCS(=O)C1CCCCC1. The van der Waals surface area contributed by atoms with Crippen molar-refractivity contribution in [3.05, 3.63) is 29.8 Å². The van der Waals surface area contributed by atoms with Gasteiger partial charge in [-0.15, -0.1) is 0 Å². The first-order valence-electron chi connectivity index (χ1n) is 7.59. The van der Waals surface area contributed by atoms with Crippen LogP contribution in [0.25, 0.3) is 0 Å². The molecule has 2 rings (SSSR count).